The van der Waals surface area contributed by atoms with Crippen LogP contribution in [0, 0.1) is 11.3 Å². The number of nitrogens with one attached hydrogen (secondary N) is 1. The van der Waals surface area contributed by atoms with Crippen LogP contribution in [0.4, 0.5) is 5.69 Å². The van der Waals surface area contributed by atoms with Crippen LogP contribution in [-0.4, -0.2) is 17.8 Å². The molecule has 1 aliphatic rings. The number of fused-ring (bicyclic) bond motifs is 1. The molecular weight excluding hydrogens is 296 g/mol. The van der Waals surface area contributed by atoms with Crippen LogP contribution in [0.15, 0.2) is 48.0 Å². The van der Waals surface area contributed by atoms with Crippen molar-refractivity contribution >= 4 is 17.7 Å². The van der Waals surface area contributed by atoms with E-state index in [0.717, 1.165) is 0 Å². The van der Waals surface area contributed by atoms with E-state index in [4.69, 9.17) is 9.47 Å². The van der Waals surface area contributed by atoms with Gasteiger partial charge in [0.2, 0.25) is 6.79 Å². The number of anilines is 1. The van der Waals surface area contributed by atoms with E-state index in [9.17, 15) is 15.2 Å². The lowest BCUT2D eigenvalue weighted by atomic mass is 10.1. The Morgan fingerprint density at radius 1 is 1.17 bits per heavy atom. The van der Waals surface area contributed by atoms with Crippen molar-refractivity contribution < 1.29 is 19.4 Å². The summed E-state index contributed by atoms with van der Waals surface area (Å²) in [4.78, 5) is 12.1. The van der Waals surface area contributed by atoms with Gasteiger partial charge in [0.25, 0.3) is 5.91 Å². The zero-order chi connectivity index (χ0) is 16.2. The van der Waals surface area contributed by atoms with Crippen molar-refractivity contribution in [2.45, 2.75) is 0 Å². The molecular formula is C17H12N2O4. The van der Waals surface area contributed by atoms with Crippen molar-refractivity contribution in [1.29, 1.82) is 5.26 Å². The maximum atomic E-state index is 12.1. The topological polar surface area (TPSA) is 91.6 Å². The molecule has 0 bridgehead atoms. The van der Waals surface area contributed by atoms with Gasteiger partial charge in [-0.3, -0.25) is 4.79 Å². The fourth-order valence-electron chi connectivity index (χ4n) is 2.06. The lowest BCUT2D eigenvalue weighted by molar-refractivity contribution is -0.112. The van der Waals surface area contributed by atoms with Crippen LogP contribution < -0.4 is 14.8 Å². The van der Waals surface area contributed by atoms with Gasteiger partial charge in [-0.1, -0.05) is 6.07 Å². The minimum atomic E-state index is -0.532. The first kappa shape index (κ1) is 14.5. The zero-order valence-corrected chi connectivity index (χ0v) is 11.9. The fraction of sp³-hybridized carbons (Fsp3) is 0.0588. The number of carbonyl (C=O) groups excluding carboxylic acids is 1. The molecule has 1 aliphatic heterocycles. The molecule has 3 rings (SSSR count). The number of rotatable bonds is 3. The number of ether oxygens (including phenoxy) is 2. The van der Waals surface area contributed by atoms with Crippen LogP contribution in [0.3, 0.4) is 0 Å². The summed E-state index contributed by atoms with van der Waals surface area (Å²) in [5, 5.41) is 21.0. The standard InChI is InChI=1S/C17H12N2O4/c18-9-12(17(21)19-13-2-4-14(20)5-3-13)7-11-1-6-15-16(8-11)23-10-22-15/h1-8,20H,10H2,(H,19,21)/b12-7+. The summed E-state index contributed by atoms with van der Waals surface area (Å²) in [5.41, 5.74) is 1.10. The second-order valence-corrected chi connectivity index (χ2v) is 4.78. The van der Waals surface area contributed by atoms with E-state index < -0.39 is 5.91 Å². The number of nitrogens with zero attached hydrogens (tertiary/aromatic N) is 1. The summed E-state index contributed by atoms with van der Waals surface area (Å²) in [6.07, 6.45) is 1.47. The van der Waals surface area contributed by atoms with Crippen LogP contribution in [0.25, 0.3) is 6.08 Å². The van der Waals surface area contributed by atoms with Gasteiger partial charge in [0.1, 0.15) is 17.4 Å². The Hall–Kier alpha value is -3.46. The summed E-state index contributed by atoms with van der Waals surface area (Å²) in [6, 6.07) is 13.0. The molecule has 1 amide bonds. The van der Waals surface area contributed by atoms with Gasteiger partial charge in [0, 0.05) is 5.69 Å². The SMILES string of the molecule is N#C/C(=C\c1ccc2c(c1)OCO2)C(=O)Nc1ccc(O)cc1. The first-order valence-corrected chi connectivity index (χ1v) is 6.77. The number of nitriles is 1. The van der Waals surface area contributed by atoms with E-state index in [1.54, 1.807) is 30.3 Å². The number of phenolic OH excluding ortho intramolecular Hbond substituents is 1. The Morgan fingerprint density at radius 3 is 2.65 bits per heavy atom. The van der Waals surface area contributed by atoms with E-state index in [0.29, 0.717) is 22.7 Å². The molecule has 114 valence electrons. The van der Waals surface area contributed by atoms with Crippen molar-refractivity contribution in [2.24, 2.45) is 0 Å². The molecule has 2 aromatic carbocycles. The lowest BCUT2D eigenvalue weighted by Crippen LogP contribution is -2.13. The molecule has 6 heteroatoms. The Kier molecular flexibility index (Phi) is 3.85. The molecule has 2 aromatic rings. The summed E-state index contributed by atoms with van der Waals surface area (Å²) >= 11 is 0. The van der Waals surface area contributed by atoms with Crippen LogP contribution in [0.2, 0.25) is 0 Å². The highest BCUT2D eigenvalue weighted by molar-refractivity contribution is 6.09. The fourth-order valence-corrected chi connectivity index (χ4v) is 2.06. The van der Waals surface area contributed by atoms with Gasteiger partial charge in [-0.15, -0.1) is 0 Å². The van der Waals surface area contributed by atoms with E-state index >= 15 is 0 Å². The van der Waals surface area contributed by atoms with Gasteiger partial charge in [-0.2, -0.15) is 5.26 Å². The number of hydrogen-bond acceptors (Lipinski definition) is 5. The average molecular weight is 308 g/mol. The molecule has 0 unspecified atom stereocenters. The van der Waals surface area contributed by atoms with Crippen molar-refractivity contribution in [2.75, 3.05) is 12.1 Å². The van der Waals surface area contributed by atoms with Gasteiger partial charge >= 0.3 is 0 Å². The first-order valence-electron chi connectivity index (χ1n) is 6.77. The third-order valence-electron chi connectivity index (χ3n) is 3.20. The first-order chi connectivity index (χ1) is 11.2. The van der Waals surface area contributed by atoms with Crippen LogP contribution in [0.1, 0.15) is 5.56 Å². The maximum absolute atomic E-state index is 12.1. The molecule has 0 atom stereocenters. The van der Waals surface area contributed by atoms with Gasteiger partial charge in [-0.05, 0) is 48.0 Å². The monoisotopic (exact) mass is 308 g/mol. The Balaban J connectivity index is 1.80. The summed E-state index contributed by atoms with van der Waals surface area (Å²) in [6.45, 7) is 0.162. The number of carbonyl (C=O) groups is 1. The number of benzene rings is 2. The molecule has 0 fully saturated rings. The number of hydrogen-bond donors (Lipinski definition) is 2. The van der Waals surface area contributed by atoms with E-state index in [1.165, 1.54) is 18.2 Å². The smallest absolute Gasteiger partial charge is 0.266 e. The molecule has 0 aromatic heterocycles. The molecule has 0 saturated carbocycles. The van der Waals surface area contributed by atoms with Crippen molar-refractivity contribution in [3.8, 4) is 23.3 Å². The van der Waals surface area contributed by atoms with Gasteiger partial charge in [0.15, 0.2) is 11.5 Å². The highest BCUT2D eigenvalue weighted by Crippen LogP contribution is 2.33. The summed E-state index contributed by atoms with van der Waals surface area (Å²) in [5.74, 6) is 0.777. The number of phenols is 1. The second kappa shape index (κ2) is 6.12. The van der Waals surface area contributed by atoms with Gasteiger partial charge in [0.05, 0.1) is 0 Å². The maximum Gasteiger partial charge on any atom is 0.266 e. The Bertz CT molecular complexity index is 819. The molecule has 0 radical (unpaired) electrons. The third-order valence-corrected chi connectivity index (χ3v) is 3.20. The predicted molar refractivity (Wildman–Crippen MR) is 82.9 cm³/mol. The molecule has 2 N–H and O–H groups in total. The quantitative estimate of drug-likeness (QED) is 0.517. The van der Waals surface area contributed by atoms with Crippen LogP contribution >= 0.6 is 0 Å². The largest absolute Gasteiger partial charge is 0.508 e. The Labute approximate surface area is 132 Å². The molecule has 0 saturated heterocycles. The third kappa shape index (κ3) is 3.24. The second-order valence-electron chi connectivity index (χ2n) is 4.78. The number of aromatic hydroxyl groups is 1. The molecule has 0 spiro atoms. The minimum absolute atomic E-state index is 0.0445. The van der Waals surface area contributed by atoms with Crippen LogP contribution in [0.5, 0.6) is 17.2 Å². The summed E-state index contributed by atoms with van der Waals surface area (Å²) in [7, 11) is 0. The van der Waals surface area contributed by atoms with Gasteiger partial charge < -0.3 is 19.9 Å². The Morgan fingerprint density at radius 2 is 1.91 bits per heavy atom. The minimum Gasteiger partial charge on any atom is -0.508 e. The normalized spacial score (nSPS) is 12.6. The molecule has 6 nitrogen and oxygen atoms in total. The average Bonchev–Trinajstić information content (AvgIpc) is 3.02. The zero-order valence-electron chi connectivity index (χ0n) is 11.9. The molecule has 1 heterocycles. The van der Waals surface area contributed by atoms with E-state index in [1.807, 2.05) is 6.07 Å². The number of amides is 1. The van der Waals surface area contributed by atoms with E-state index in [-0.39, 0.29) is 18.1 Å². The van der Waals surface area contributed by atoms with E-state index in [2.05, 4.69) is 5.32 Å². The van der Waals surface area contributed by atoms with Crippen LogP contribution in [-0.2, 0) is 4.79 Å². The predicted octanol–water partition coefficient (Wildman–Crippen LogP) is 2.67. The summed E-state index contributed by atoms with van der Waals surface area (Å²) < 4.78 is 10.5. The molecule has 23 heavy (non-hydrogen) atoms. The lowest BCUT2D eigenvalue weighted by Gasteiger charge is -2.04. The highest BCUT2D eigenvalue weighted by atomic mass is 16.7. The van der Waals surface area contributed by atoms with Crippen molar-refractivity contribution in [3.63, 3.8) is 0 Å². The van der Waals surface area contributed by atoms with Gasteiger partial charge in [-0.25, -0.2) is 0 Å². The van der Waals surface area contributed by atoms with Crippen molar-refractivity contribution in [1.82, 2.24) is 0 Å². The highest BCUT2D eigenvalue weighted by Gasteiger charge is 2.14. The molecule has 0 aliphatic carbocycles. The van der Waals surface area contributed by atoms with Crippen molar-refractivity contribution in [3.05, 3.63) is 53.6 Å².